The quantitative estimate of drug-likeness (QED) is 0.825. The number of benzene rings is 1. The summed E-state index contributed by atoms with van der Waals surface area (Å²) in [6.07, 6.45) is 0. The molecule has 3 N–H and O–H groups in total. The average molecular weight is 332 g/mol. The zero-order chi connectivity index (χ0) is 14.6. The highest BCUT2D eigenvalue weighted by Gasteiger charge is 2.17. The molecule has 0 saturated heterocycles. The summed E-state index contributed by atoms with van der Waals surface area (Å²) in [5.74, 6) is -1.41. The van der Waals surface area contributed by atoms with E-state index in [1.807, 2.05) is 0 Å². The van der Waals surface area contributed by atoms with Gasteiger partial charge in [-0.05, 0) is 28.1 Å². The van der Waals surface area contributed by atoms with Crippen LogP contribution in [0.4, 0.5) is 0 Å². The van der Waals surface area contributed by atoms with E-state index in [1.165, 1.54) is 19.2 Å². The van der Waals surface area contributed by atoms with Crippen LogP contribution in [0.25, 0.3) is 0 Å². The number of methoxy groups -OCH3 is 1. The molecular weight excluding hydrogens is 318 g/mol. The molecule has 0 aliphatic rings. The zero-order valence-electron chi connectivity index (χ0n) is 10.5. The third kappa shape index (κ3) is 3.85. The topological polar surface area (TPSA) is 98.8 Å². The molecular formula is C12H14BrNO5. The molecule has 19 heavy (non-hydrogen) atoms. The summed E-state index contributed by atoms with van der Waals surface area (Å²) >= 11 is 3.21. The number of nitrogens with two attached hydrogens (primary N) is 1. The molecule has 1 aromatic rings. The molecule has 1 atom stereocenters. The van der Waals surface area contributed by atoms with Crippen LogP contribution in [0.15, 0.2) is 16.6 Å². The average Bonchev–Trinajstić information content (AvgIpc) is 2.35. The second-order valence-electron chi connectivity index (χ2n) is 3.91. The van der Waals surface area contributed by atoms with Crippen molar-refractivity contribution in [2.45, 2.75) is 6.92 Å². The van der Waals surface area contributed by atoms with Gasteiger partial charge in [0.1, 0.15) is 0 Å². The molecule has 0 saturated carbocycles. The number of hydrogen-bond donors (Lipinski definition) is 2. The fraction of sp³-hybridized carbons (Fsp3) is 0.333. The molecule has 1 unspecified atom stereocenters. The van der Waals surface area contributed by atoms with Crippen molar-refractivity contribution in [2.75, 3.05) is 13.7 Å². The predicted molar refractivity (Wildman–Crippen MR) is 71.5 cm³/mol. The number of rotatable bonds is 6. The molecule has 6 nitrogen and oxygen atoms in total. The highest BCUT2D eigenvalue weighted by atomic mass is 79.9. The van der Waals surface area contributed by atoms with E-state index < -0.39 is 17.8 Å². The van der Waals surface area contributed by atoms with Crippen LogP contribution in [-0.2, 0) is 4.79 Å². The molecule has 0 bridgehead atoms. The monoisotopic (exact) mass is 331 g/mol. The molecule has 0 aliphatic carbocycles. The third-order valence-electron chi connectivity index (χ3n) is 2.44. The third-order valence-corrected chi connectivity index (χ3v) is 3.03. The standard InChI is InChI=1S/C12H14BrNO5/c1-6(11(14)15)5-19-10-8(13)3-7(12(16)17)4-9(10)18-2/h3-4,6H,5H2,1-2H3,(H2,14,15)(H,16,17). The second-order valence-corrected chi connectivity index (χ2v) is 4.76. The smallest absolute Gasteiger partial charge is 0.335 e. The van der Waals surface area contributed by atoms with Crippen molar-refractivity contribution >= 4 is 27.8 Å². The fourth-order valence-electron chi connectivity index (χ4n) is 1.27. The number of carbonyl (C=O) groups excluding carboxylic acids is 1. The van der Waals surface area contributed by atoms with Crippen molar-refractivity contribution < 1.29 is 24.2 Å². The maximum Gasteiger partial charge on any atom is 0.335 e. The molecule has 0 fully saturated rings. The Bertz CT molecular complexity index is 503. The van der Waals surface area contributed by atoms with E-state index >= 15 is 0 Å². The van der Waals surface area contributed by atoms with Crippen LogP contribution in [0.2, 0.25) is 0 Å². The Morgan fingerprint density at radius 2 is 2.11 bits per heavy atom. The number of primary amides is 1. The van der Waals surface area contributed by atoms with Crippen LogP contribution in [-0.4, -0.2) is 30.7 Å². The first-order valence-corrected chi connectivity index (χ1v) is 6.19. The second kappa shape index (κ2) is 6.42. The first-order valence-electron chi connectivity index (χ1n) is 5.39. The van der Waals surface area contributed by atoms with E-state index in [0.29, 0.717) is 10.2 Å². The molecule has 0 aromatic heterocycles. The van der Waals surface area contributed by atoms with Gasteiger partial charge in [-0.3, -0.25) is 4.79 Å². The van der Waals surface area contributed by atoms with Gasteiger partial charge in [-0.25, -0.2) is 4.79 Å². The van der Waals surface area contributed by atoms with E-state index in [9.17, 15) is 9.59 Å². The number of carboxylic acids is 1. The van der Waals surface area contributed by atoms with Crippen LogP contribution < -0.4 is 15.2 Å². The van der Waals surface area contributed by atoms with Crippen LogP contribution in [0, 0.1) is 5.92 Å². The molecule has 1 aromatic carbocycles. The van der Waals surface area contributed by atoms with Gasteiger partial charge in [0, 0.05) is 0 Å². The SMILES string of the molecule is COc1cc(C(=O)O)cc(Br)c1OCC(C)C(N)=O. The van der Waals surface area contributed by atoms with E-state index in [0.717, 1.165) is 0 Å². The predicted octanol–water partition coefficient (Wildman–Crippen LogP) is 1.66. The first kappa shape index (κ1) is 15.3. The van der Waals surface area contributed by atoms with Gasteiger partial charge in [-0.1, -0.05) is 6.92 Å². The lowest BCUT2D eigenvalue weighted by Crippen LogP contribution is -2.26. The molecule has 0 aliphatic heterocycles. The zero-order valence-corrected chi connectivity index (χ0v) is 12.1. The minimum atomic E-state index is -1.07. The van der Waals surface area contributed by atoms with Gasteiger partial charge < -0.3 is 20.3 Å². The van der Waals surface area contributed by atoms with Crippen molar-refractivity contribution in [1.82, 2.24) is 0 Å². The van der Waals surface area contributed by atoms with Gasteiger partial charge in [-0.15, -0.1) is 0 Å². The lowest BCUT2D eigenvalue weighted by molar-refractivity contribution is -0.122. The van der Waals surface area contributed by atoms with E-state index in [-0.39, 0.29) is 17.9 Å². The summed E-state index contributed by atoms with van der Waals surface area (Å²) < 4.78 is 11.0. The van der Waals surface area contributed by atoms with E-state index in [1.54, 1.807) is 6.92 Å². The molecule has 0 heterocycles. The van der Waals surface area contributed by atoms with E-state index in [2.05, 4.69) is 15.9 Å². The van der Waals surface area contributed by atoms with Crippen molar-refractivity contribution in [1.29, 1.82) is 0 Å². The van der Waals surface area contributed by atoms with Crippen LogP contribution in [0.1, 0.15) is 17.3 Å². The summed E-state index contributed by atoms with van der Waals surface area (Å²) in [5.41, 5.74) is 5.20. The Hall–Kier alpha value is -1.76. The highest BCUT2D eigenvalue weighted by molar-refractivity contribution is 9.10. The Morgan fingerprint density at radius 3 is 2.58 bits per heavy atom. The van der Waals surface area contributed by atoms with Gasteiger partial charge >= 0.3 is 5.97 Å². The van der Waals surface area contributed by atoms with Crippen molar-refractivity contribution in [2.24, 2.45) is 11.7 Å². The fourth-order valence-corrected chi connectivity index (χ4v) is 1.83. The molecule has 7 heteroatoms. The molecule has 1 rings (SSSR count). The molecule has 0 spiro atoms. The maximum absolute atomic E-state index is 10.9. The number of carboxylic acid groups (broad SMARTS) is 1. The Balaban J connectivity index is 3.00. The highest BCUT2D eigenvalue weighted by Crippen LogP contribution is 2.36. The van der Waals surface area contributed by atoms with Gasteiger partial charge in [0.05, 0.1) is 29.7 Å². The molecule has 0 radical (unpaired) electrons. The Labute approximate surface area is 118 Å². The van der Waals surface area contributed by atoms with Gasteiger partial charge in [0.15, 0.2) is 11.5 Å². The van der Waals surface area contributed by atoms with Gasteiger partial charge in [-0.2, -0.15) is 0 Å². The summed E-state index contributed by atoms with van der Waals surface area (Å²) in [6.45, 7) is 1.71. The largest absolute Gasteiger partial charge is 0.493 e. The number of hydrogen-bond acceptors (Lipinski definition) is 4. The van der Waals surface area contributed by atoms with Gasteiger partial charge in [0.25, 0.3) is 0 Å². The number of ether oxygens (including phenoxy) is 2. The minimum absolute atomic E-state index is 0.0685. The summed E-state index contributed by atoms with van der Waals surface area (Å²) in [7, 11) is 1.40. The molecule has 1 amide bonds. The van der Waals surface area contributed by atoms with Crippen molar-refractivity contribution in [3.05, 3.63) is 22.2 Å². The lowest BCUT2D eigenvalue weighted by atomic mass is 10.2. The maximum atomic E-state index is 10.9. The lowest BCUT2D eigenvalue weighted by Gasteiger charge is -2.15. The number of carbonyl (C=O) groups is 2. The van der Waals surface area contributed by atoms with Crippen LogP contribution in [0.3, 0.4) is 0 Å². The first-order chi connectivity index (χ1) is 8.86. The number of halogens is 1. The van der Waals surface area contributed by atoms with E-state index in [4.69, 9.17) is 20.3 Å². The number of aromatic carboxylic acids is 1. The van der Waals surface area contributed by atoms with Crippen molar-refractivity contribution in [3.63, 3.8) is 0 Å². The van der Waals surface area contributed by atoms with Crippen molar-refractivity contribution in [3.8, 4) is 11.5 Å². The minimum Gasteiger partial charge on any atom is -0.493 e. The Kier molecular flexibility index (Phi) is 5.17. The van der Waals surface area contributed by atoms with Crippen LogP contribution in [0.5, 0.6) is 11.5 Å². The van der Waals surface area contributed by atoms with Gasteiger partial charge in [0.2, 0.25) is 5.91 Å². The number of amides is 1. The molecule has 104 valence electrons. The summed E-state index contributed by atoms with van der Waals surface area (Å²) in [5, 5.41) is 8.93. The Morgan fingerprint density at radius 1 is 1.47 bits per heavy atom. The van der Waals surface area contributed by atoms with Crippen LogP contribution >= 0.6 is 15.9 Å². The normalized spacial score (nSPS) is 11.7. The summed E-state index contributed by atoms with van der Waals surface area (Å²) in [6, 6.07) is 2.74. The summed E-state index contributed by atoms with van der Waals surface area (Å²) in [4.78, 5) is 21.8.